The molecule has 1 amide bonds. The summed E-state index contributed by atoms with van der Waals surface area (Å²) in [4.78, 5) is 20.0. The first-order chi connectivity index (χ1) is 12.2. The summed E-state index contributed by atoms with van der Waals surface area (Å²) in [5, 5.41) is 6.64. The fourth-order valence-electron chi connectivity index (χ4n) is 3.94. The van der Waals surface area contributed by atoms with Crippen LogP contribution in [0, 0.1) is 17.8 Å². The molecule has 2 heterocycles. The van der Waals surface area contributed by atoms with Crippen LogP contribution in [0.25, 0.3) is 10.9 Å². The van der Waals surface area contributed by atoms with E-state index >= 15 is 0 Å². The Morgan fingerprint density at radius 3 is 2.46 bits per heavy atom. The van der Waals surface area contributed by atoms with E-state index in [9.17, 15) is 18.0 Å². The number of carbonyl (C=O) groups is 1. The molecule has 2 unspecified atom stereocenters. The number of alkyl halides is 3. The van der Waals surface area contributed by atoms with Gasteiger partial charge in [-0.3, -0.25) is 4.79 Å². The fourth-order valence-corrected chi connectivity index (χ4v) is 3.94. The average molecular weight is 364 g/mol. The Hall–Kier alpha value is -2.22. The Morgan fingerprint density at radius 1 is 1.15 bits per heavy atom. The van der Waals surface area contributed by atoms with Crippen LogP contribution in [-0.4, -0.2) is 29.0 Å². The number of para-hydroxylation sites is 1. The summed E-state index contributed by atoms with van der Waals surface area (Å²) >= 11 is 0. The number of piperidine rings is 1. The van der Waals surface area contributed by atoms with E-state index in [2.05, 4.69) is 20.6 Å². The molecule has 1 saturated carbocycles. The van der Waals surface area contributed by atoms with E-state index in [1.807, 2.05) is 0 Å². The maximum atomic E-state index is 13.2. The second kappa shape index (κ2) is 5.64. The molecule has 5 nitrogen and oxygen atoms in total. The zero-order chi connectivity index (χ0) is 18.7. The van der Waals surface area contributed by atoms with Crippen molar-refractivity contribution >= 4 is 16.8 Å². The van der Waals surface area contributed by atoms with Gasteiger partial charge in [0.05, 0.1) is 16.7 Å². The van der Waals surface area contributed by atoms with E-state index in [-0.39, 0.29) is 23.0 Å². The quantitative estimate of drug-likeness (QED) is 0.878. The summed E-state index contributed by atoms with van der Waals surface area (Å²) in [6.45, 7) is 4.99. The van der Waals surface area contributed by atoms with Crippen molar-refractivity contribution < 1.29 is 18.0 Å². The van der Waals surface area contributed by atoms with Gasteiger partial charge in [0.15, 0.2) is 0 Å². The largest absolute Gasteiger partial charge is 0.451 e. The summed E-state index contributed by atoms with van der Waals surface area (Å²) in [6, 6.07) is 6.54. The van der Waals surface area contributed by atoms with Crippen LogP contribution in [0.4, 0.5) is 13.2 Å². The first-order valence-electron chi connectivity index (χ1n) is 8.56. The van der Waals surface area contributed by atoms with Crippen molar-refractivity contribution in [2.24, 2.45) is 17.8 Å². The van der Waals surface area contributed by atoms with Crippen molar-refractivity contribution in [3.8, 4) is 0 Å². The monoisotopic (exact) mass is 364 g/mol. The van der Waals surface area contributed by atoms with E-state index in [4.69, 9.17) is 0 Å². The standard InChI is InChI=1S/C18H19F3N4O/c1-17(2,25-15(26)13-10-7-22-8-11(10)13)14-9-5-3-4-6-12(9)23-16(24-14)18(19,20)21/h3-6,10-11,13,22H,7-8H2,1-2H3,(H,25,26)/t10-,11?,13?/m1/s1. The van der Waals surface area contributed by atoms with Crippen LogP contribution in [0.15, 0.2) is 24.3 Å². The molecule has 3 atom stereocenters. The molecular formula is C18H19F3N4O. The molecule has 2 N–H and O–H groups in total. The number of halogens is 3. The maximum absolute atomic E-state index is 13.2. The molecular weight excluding hydrogens is 345 g/mol. The third-order valence-corrected chi connectivity index (χ3v) is 5.28. The molecule has 1 aromatic heterocycles. The van der Waals surface area contributed by atoms with Crippen LogP contribution in [0.1, 0.15) is 25.4 Å². The summed E-state index contributed by atoms with van der Waals surface area (Å²) < 4.78 is 39.7. The van der Waals surface area contributed by atoms with Crippen molar-refractivity contribution in [3.05, 3.63) is 35.8 Å². The van der Waals surface area contributed by atoms with E-state index in [0.717, 1.165) is 13.1 Å². The minimum atomic E-state index is -4.65. The molecule has 1 aliphatic heterocycles. The van der Waals surface area contributed by atoms with Gasteiger partial charge in [-0.1, -0.05) is 18.2 Å². The van der Waals surface area contributed by atoms with Gasteiger partial charge in [-0.15, -0.1) is 0 Å². The Labute approximate surface area is 148 Å². The van der Waals surface area contributed by atoms with Gasteiger partial charge in [-0.25, -0.2) is 9.97 Å². The molecule has 2 aromatic rings. The van der Waals surface area contributed by atoms with Crippen LogP contribution >= 0.6 is 0 Å². The number of carbonyl (C=O) groups excluding carboxylic acids is 1. The highest BCUT2D eigenvalue weighted by atomic mass is 19.4. The third-order valence-electron chi connectivity index (χ3n) is 5.28. The molecule has 0 bridgehead atoms. The lowest BCUT2D eigenvalue weighted by Crippen LogP contribution is -2.44. The zero-order valence-corrected chi connectivity index (χ0v) is 14.4. The predicted octanol–water partition coefficient (Wildman–Crippen LogP) is 2.47. The number of fused-ring (bicyclic) bond motifs is 2. The van der Waals surface area contributed by atoms with E-state index in [1.165, 1.54) is 6.07 Å². The van der Waals surface area contributed by atoms with Crippen LogP contribution in [0.3, 0.4) is 0 Å². The minimum Gasteiger partial charge on any atom is -0.345 e. The topological polar surface area (TPSA) is 66.9 Å². The van der Waals surface area contributed by atoms with Crippen LogP contribution < -0.4 is 10.6 Å². The lowest BCUT2D eigenvalue weighted by molar-refractivity contribution is -0.144. The first-order valence-corrected chi connectivity index (χ1v) is 8.56. The first kappa shape index (κ1) is 17.2. The Balaban J connectivity index is 1.70. The summed E-state index contributed by atoms with van der Waals surface area (Å²) in [7, 11) is 0. The zero-order valence-electron chi connectivity index (χ0n) is 14.4. The van der Waals surface area contributed by atoms with Crippen molar-refractivity contribution in [2.75, 3.05) is 13.1 Å². The fraction of sp³-hybridized carbons (Fsp3) is 0.500. The summed E-state index contributed by atoms with van der Waals surface area (Å²) in [6.07, 6.45) is -4.65. The average Bonchev–Trinajstić information content (AvgIpc) is 3.06. The number of amides is 1. The predicted molar refractivity (Wildman–Crippen MR) is 89.0 cm³/mol. The van der Waals surface area contributed by atoms with Crippen molar-refractivity contribution in [1.82, 2.24) is 20.6 Å². The second-order valence-corrected chi connectivity index (χ2v) is 7.54. The summed E-state index contributed by atoms with van der Waals surface area (Å²) in [5.41, 5.74) is -0.670. The number of aromatic nitrogens is 2. The number of nitrogens with zero attached hydrogens (tertiary/aromatic N) is 2. The van der Waals surface area contributed by atoms with Gasteiger partial charge in [-0.05, 0) is 44.8 Å². The Morgan fingerprint density at radius 2 is 1.81 bits per heavy atom. The highest BCUT2D eigenvalue weighted by Gasteiger charge is 2.57. The molecule has 2 fully saturated rings. The Bertz CT molecular complexity index is 870. The van der Waals surface area contributed by atoms with Crippen molar-refractivity contribution in [2.45, 2.75) is 25.6 Å². The minimum absolute atomic E-state index is 0.0642. The van der Waals surface area contributed by atoms with E-state index in [1.54, 1.807) is 32.0 Å². The molecule has 1 aliphatic carbocycles. The lowest BCUT2D eigenvalue weighted by atomic mass is 9.95. The van der Waals surface area contributed by atoms with Gasteiger partial charge in [0.1, 0.15) is 0 Å². The smallest absolute Gasteiger partial charge is 0.345 e. The molecule has 2 aliphatic rings. The lowest BCUT2D eigenvalue weighted by Gasteiger charge is -2.28. The van der Waals surface area contributed by atoms with Crippen molar-refractivity contribution in [3.63, 3.8) is 0 Å². The van der Waals surface area contributed by atoms with Gasteiger partial charge < -0.3 is 10.6 Å². The van der Waals surface area contributed by atoms with Crippen molar-refractivity contribution in [1.29, 1.82) is 0 Å². The number of hydrogen-bond acceptors (Lipinski definition) is 4. The maximum Gasteiger partial charge on any atom is 0.451 e. The van der Waals surface area contributed by atoms with Crippen LogP contribution in [-0.2, 0) is 16.5 Å². The van der Waals surface area contributed by atoms with Gasteiger partial charge in [-0.2, -0.15) is 13.2 Å². The molecule has 138 valence electrons. The molecule has 26 heavy (non-hydrogen) atoms. The highest BCUT2D eigenvalue weighted by Crippen LogP contribution is 2.49. The molecule has 1 aromatic carbocycles. The Kier molecular flexibility index (Phi) is 3.73. The number of nitrogens with one attached hydrogen (secondary N) is 2. The second-order valence-electron chi connectivity index (χ2n) is 7.54. The van der Waals surface area contributed by atoms with E-state index in [0.29, 0.717) is 17.2 Å². The van der Waals surface area contributed by atoms with Gasteiger partial charge in [0.2, 0.25) is 11.7 Å². The number of hydrogen-bond donors (Lipinski definition) is 2. The summed E-state index contributed by atoms with van der Waals surface area (Å²) in [5.74, 6) is -0.716. The highest BCUT2D eigenvalue weighted by molar-refractivity contribution is 5.86. The molecule has 1 saturated heterocycles. The molecule has 0 spiro atoms. The molecule has 4 rings (SSSR count). The third kappa shape index (κ3) is 2.82. The normalized spacial score (nSPS) is 25.2. The molecule has 8 heteroatoms. The van der Waals surface area contributed by atoms with Gasteiger partial charge >= 0.3 is 6.18 Å². The number of rotatable bonds is 3. The van der Waals surface area contributed by atoms with Crippen LogP contribution in [0.5, 0.6) is 0 Å². The van der Waals surface area contributed by atoms with Gasteiger partial charge in [0.25, 0.3) is 0 Å². The molecule has 0 radical (unpaired) electrons. The SMILES string of the molecule is CC(C)(NC(=O)C1C2CNC[C@H]21)c1nc(C(F)(F)F)nc2ccccc12. The number of benzene rings is 1. The van der Waals surface area contributed by atoms with E-state index < -0.39 is 17.5 Å². The van der Waals surface area contributed by atoms with Crippen LogP contribution in [0.2, 0.25) is 0 Å². The van der Waals surface area contributed by atoms with Gasteiger partial charge in [0, 0.05) is 11.3 Å².